The Labute approximate surface area is 186 Å². The standard InChI is InChI=1S/C28H37F3/c1-2-3-4-7-22-9-13-24(14-10-22)26-17-19-27(20-18-26)25-15-11-23(12-16-25)8-5-6-21-28(29,30)31/h11-12,15-20,22,24H,2-10,13-14,21H2,1H3/t22-,24-. The zero-order valence-electron chi connectivity index (χ0n) is 18.9. The van der Waals surface area contributed by atoms with Crippen LogP contribution in [-0.4, -0.2) is 6.18 Å². The summed E-state index contributed by atoms with van der Waals surface area (Å²) in [6.07, 6.45) is 7.65. The first kappa shape index (κ1) is 23.9. The van der Waals surface area contributed by atoms with E-state index in [4.69, 9.17) is 0 Å². The number of rotatable bonds is 10. The normalized spacial score (nSPS) is 19.5. The van der Waals surface area contributed by atoms with E-state index in [1.807, 2.05) is 0 Å². The lowest BCUT2D eigenvalue weighted by atomic mass is 9.77. The molecule has 170 valence electrons. The third-order valence-corrected chi connectivity index (χ3v) is 6.91. The minimum absolute atomic E-state index is 0.202. The molecular weight excluding hydrogens is 393 g/mol. The highest BCUT2D eigenvalue weighted by Crippen LogP contribution is 2.38. The number of halogens is 3. The molecule has 31 heavy (non-hydrogen) atoms. The average Bonchev–Trinajstić information content (AvgIpc) is 2.77. The van der Waals surface area contributed by atoms with Crippen LogP contribution in [0.2, 0.25) is 0 Å². The van der Waals surface area contributed by atoms with Gasteiger partial charge in [0, 0.05) is 6.42 Å². The molecular formula is C28H37F3. The van der Waals surface area contributed by atoms with Crippen molar-refractivity contribution in [3.63, 3.8) is 0 Å². The molecule has 2 aromatic carbocycles. The van der Waals surface area contributed by atoms with Gasteiger partial charge >= 0.3 is 6.18 Å². The van der Waals surface area contributed by atoms with E-state index < -0.39 is 12.6 Å². The molecule has 0 unspecified atom stereocenters. The van der Waals surface area contributed by atoms with Crippen molar-refractivity contribution in [2.24, 2.45) is 5.92 Å². The predicted octanol–water partition coefficient (Wildman–Crippen LogP) is 9.48. The maximum atomic E-state index is 12.2. The van der Waals surface area contributed by atoms with E-state index in [9.17, 15) is 13.2 Å². The van der Waals surface area contributed by atoms with Crippen LogP contribution in [0.25, 0.3) is 11.1 Å². The van der Waals surface area contributed by atoms with Crippen LogP contribution >= 0.6 is 0 Å². The van der Waals surface area contributed by atoms with Gasteiger partial charge in [-0.2, -0.15) is 13.2 Å². The molecule has 0 bridgehead atoms. The largest absolute Gasteiger partial charge is 0.389 e. The smallest absolute Gasteiger partial charge is 0.171 e. The molecule has 1 saturated carbocycles. The first-order valence-electron chi connectivity index (χ1n) is 12.2. The Kier molecular flexibility index (Phi) is 9.04. The summed E-state index contributed by atoms with van der Waals surface area (Å²) in [4.78, 5) is 0. The SMILES string of the molecule is CCCCC[C@H]1CC[C@H](c2ccc(-c3ccc(CCCCC(F)(F)F)cc3)cc2)CC1. The Morgan fingerprint density at radius 3 is 1.94 bits per heavy atom. The van der Waals surface area contributed by atoms with Crippen molar-refractivity contribution in [3.05, 3.63) is 59.7 Å². The Bertz CT molecular complexity index is 750. The second kappa shape index (κ2) is 11.7. The van der Waals surface area contributed by atoms with Crippen molar-refractivity contribution < 1.29 is 13.2 Å². The van der Waals surface area contributed by atoms with Crippen LogP contribution in [0.3, 0.4) is 0 Å². The molecule has 0 heterocycles. The highest BCUT2D eigenvalue weighted by Gasteiger charge is 2.25. The third kappa shape index (κ3) is 8.01. The van der Waals surface area contributed by atoms with Crippen LogP contribution in [0.15, 0.2) is 48.5 Å². The van der Waals surface area contributed by atoms with Gasteiger partial charge in [0.2, 0.25) is 0 Å². The third-order valence-electron chi connectivity index (χ3n) is 6.91. The van der Waals surface area contributed by atoms with Crippen molar-refractivity contribution >= 4 is 0 Å². The topological polar surface area (TPSA) is 0 Å². The van der Waals surface area contributed by atoms with Gasteiger partial charge in [-0.1, -0.05) is 81.1 Å². The molecule has 0 saturated heterocycles. The summed E-state index contributed by atoms with van der Waals surface area (Å²) in [5.74, 6) is 1.64. The molecule has 1 aliphatic rings. The number of aryl methyl sites for hydroxylation is 1. The van der Waals surface area contributed by atoms with Crippen molar-refractivity contribution in [1.82, 2.24) is 0 Å². The molecule has 0 radical (unpaired) electrons. The van der Waals surface area contributed by atoms with Crippen molar-refractivity contribution in [3.8, 4) is 11.1 Å². The van der Waals surface area contributed by atoms with Crippen molar-refractivity contribution in [2.45, 2.75) is 96.1 Å². The van der Waals surface area contributed by atoms with Crippen LogP contribution in [-0.2, 0) is 6.42 Å². The summed E-state index contributed by atoms with van der Waals surface area (Å²) < 4.78 is 36.7. The molecule has 0 spiro atoms. The van der Waals surface area contributed by atoms with Gasteiger partial charge in [0.15, 0.2) is 0 Å². The van der Waals surface area contributed by atoms with Crippen LogP contribution in [0, 0.1) is 5.92 Å². The minimum atomic E-state index is -4.04. The van der Waals surface area contributed by atoms with Gasteiger partial charge in [0.25, 0.3) is 0 Å². The summed E-state index contributed by atoms with van der Waals surface area (Å²) in [7, 11) is 0. The molecule has 3 rings (SSSR count). The van der Waals surface area contributed by atoms with E-state index in [2.05, 4.69) is 55.5 Å². The van der Waals surface area contributed by atoms with E-state index in [0.717, 1.165) is 11.5 Å². The first-order chi connectivity index (χ1) is 14.9. The number of alkyl halides is 3. The monoisotopic (exact) mass is 430 g/mol. The van der Waals surface area contributed by atoms with Crippen LogP contribution in [0.5, 0.6) is 0 Å². The molecule has 3 heteroatoms. The minimum Gasteiger partial charge on any atom is -0.171 e. The molecule has 2 aromatic rings. The van der Waals surface area contributed by atoms with E-state index in [-0.39, 0.29) is 6.42 Å². The van der Waals surface area contributed by atoms with E-state index in [0.29, 0.717) is 18.8 Å². The molecule has 0 aliphatic heterocycles. The summed E-state index contributed by atoms with van der Waals surface area (Å²) in [5, 5.41) is 0. The van der Waals surface area contributed by atoms with Gasteiger partial charge in [-0.05, 0) is 79.0 Å². The molecule has 0 N–H and O–H groups in total. The van der Waals surface area contributed by atoms with E-state index >= 15 is 0 Å². The summed E-state index contributed by atoms with van der Waals surface area (Å²) in [6, 6.07) is 17.3. The number of hydrogen-bond acceptors (Lipinski definition) is 0. The summed E-state index contributed by atoms with van der Waals surface area (Å²) in [5.41, 5.74) is 4.96. The Morgan fingerprint density at radius 1 is 0.742 bits per heavy atom. The molecule has 0 aromatic heterocycles. The number of benzene rings is 2. The second-order valence-electron chi connectivity index (χ2n) is 9.35. The van der Waals surface area contributed by atoms with Gasteiger partial charge < -0.3 is 0 Å². The maximum Gasteiger partial charge on any atom is 0.389 e. The lowest BCUT2D eigenvalue weighted by molar-refractivity contribution is -0.135. The van der Waals surface area contributed by atoms with Crippen molar-refractivity contribution in [2.75, 3.05) is 0 Å². The van der Waals surface area contributed by atoms with Crippen LogP contribution < -0.4 is 0 Å². The van der Waals surface area contributed by atoms with Gasteiger partial charge in [-0.15, -0.1) is 0 Å². The Morgan fingerprint density at radius 2 is 1.35 bits per heavy atom. The fraction of sp³-hybridized carbons (Fsp3) is 0.571. The Hall–Kier alpha value is -1.77. The van der Waals surface area contributed by atoms with Crippen LogP contribution in [0.1, 0.15) is 94.6 Å². The highest BCUT2D eigenvalue weighted by molar-refractivity contribution is 5.64. The molecule has 0 atom stereocenters. The second-order valence-corrected chi connectivity index (χ2v) is 9.35. The van der Waals surface area contributed by atoms with Crippen LogP contribution in [0.4, 0.5) is 13.2 Å². The van der Waals surface area contributed by atoms with Gasteiger partial charge in [-0.25, -0.2) is 0 Å². The zero-order chi connectivity index (χ0) is 22.1. The number of hydrogen-bond donors (Lipinski definition) is 0. The number of unbranched alkanes of at least 4 members (excludes halogenated alkanes) is 3. The Balaban J connectivity index is 1.47. The first-order valence-corrected chi connectivity index (χ1v) is 12.2. The maximum absolute atomic E-state index is 12.2. The fourth-order valence-corrected chi connectivity index (χ4v) is 4.93. The predicted molar refractivity (Wildman–Crippen MR) is 124 cm³/mol. The lowest BCUT2D eigenvalue weighted by Gasteiger charge is -2.29. The van der Waals surface area contributed by atoms with Gasteiger partial charge in [0.1, 0.15) is 0 Å². The molecule has 1 aliphatic carbocycles. The van der Waals surface area contributed by atoms with E-state index in [1.54, 1.807) is 0 Å². The van der Waals surface area contributed by atoms with Gasteiger partial charge in [0.05, 0.1) is 0 Å². The summed E-state index contributed by atoms with van der Waals surface area (Å²) >= 11 is 0. The zero-order valence-corrected chi connectivity index (χ0v) is 18.9. The highest BCUT2D eigenvalue weighted by atomic mass is 19.4. The quantitative estimate of drug-likeness (QED) is 0.329. The van der Waals surface area contributed by atoms with Crippen molar-refractivity contribution in [1.29, 1.82) is 0 Å². The average molecular weight is 431 g/mol. The summed E-state index contributed by atoms with van der Waals surface area (Å²) in [6.45, 7) is 2.28. The molecule has 1 fully saturated rings. The fourth-order valence-electron chi connectivity index (χ4n) is 4.93. The van der Waals surface area contributed by atoms with Gasteiger partial charge in [-0.3, -0.25) is 0 Å². The lowest BCUT2D eigenvalue weighted by Crippen LogP contribution is -2.13. The molecule has 0 nitrogen and oxygen atoms in total. The molecule has 0 amide bonds. The van der Waals surface area contributed by atoms with E-state index in [1.165, 1.54) is 68.1 Å².